The van der Waals surface area contributed by atoms with E-state index in [2.05, 4.69) is 15.0 Å². The summed E-state index contributed by atoms with van der Waals surface area (Å²) in [5.74, 6) is -0.627. The first kappa shape index (κ1) is 18.7. The molecule has 1 fully saturated rings. The molecule has 0 N–H and O–H groups in total. The third-order valence-corrected chi connectivity index (χ3v) is 3.43. The summed E-state index contributed by atoms with van der Waals surface area (Å²) in [5, 5.41) is 7.76. The Morgan fingerprint density at radius 3 is 2.60 bits per heavy atom. The highest BCUT2D eigenvalue weighted by Crippen LogP contribution is 2.13. The Hall–Kier alpha value is -2.65. The Kier molecular flexibility index (Phi) is 5.60. The van der Waals surface area contributed by atoms with Crippen molar-refractivity contribution < 1.29 is 23.9 Å². The normalized spacial score (nSPS) is 15.3. The molecule has 25 heavy (non-hydrogen) atoms. The van der Waals surface area contributed by atoms with Gasteiger partial charge in [-0.05, 0) is 20.8 Å². The Bertz CT molecular complexity index is 651. The maximum atomic E-state index is 12.3. The molecule has 0 radical (unpaired) electrons. The zero-order valence-electron chi connectivity index (χ0n) is 14.9. The summed E-state index contributed by atoms with van der Waals surface area (Å²) in [5.41, 5.74) is -0.0435. The Balaban J connectivity index is 1.88. The van der Waals surface area contributed by atoms with E-state index in [1.807, 2.05) is 0 Å². The van der Waals surface area contributed by atoms with Crippen molar-refractivity contribution in [1.29, 1.82) is 0 Å². The van der Waals surface area contributed by atoms with Crippen molar-refractivity contribution in [3.05, 3.63) is 11.9 Å². The van der Waals surface area contributed by atoms with Crippen LogP contribution in [0.3, 0.4) is 0 Å². The van der Waals surface area contributed by atoms with Crippen LogP contribution in [0.1, 0.15) is 26.5 Å². The molecule has 2 heterocycles. The summed E-state index contributed by atoms with van der Waals surface area (Å²) in [6.45, 7) is 6.29. The van der Waals surface area contributed by atoms with Gasteiger partial charge in [0.2, 0.25) is 5.91 Å². The van der Waals surface area contributed by atoms with E-state index < -0.39 is 17.7 Å². The molecule has 0 aromatic carbocycles. The summed E-state index contributed by atoms with van der Waals surface area (Å²) < 4.78 is 11.2. The fraction of sp³-hybridized carbons (Fsp3) is 0.667. The van der Waals surface area contributed by atoms with Gasteiger partial charge in [-0.3, -0.25) is 14.5 Å². The summed E-state index contributed by atoms with van der Waals surface area (Å²) in [6, 6.07) is 0. The number of carbonyl (C=O) groups is 3. The van der Waals surface area contributed by atoms with Crippen LogP contribution in [0.25, 0.3) is 0 Å². The first-order valence-corrected chi connectivity index (χ1v) is 7.89. The molecule has 0 spiro atoms. The van der Waals surface area contributed by atoms with E-state index in [9.17, 15) is 14.4 Å². The van der Waals surface area contributed by atoms with E-state index in [1.54, 1.807) is 31.9 Å². The maximum absolute atomic E-state index is 12.3. The van der Waals surface area contributed by atoms with Gasteiger partial charge in [-0.1, -0.05) is 5.21 Å². The number of hydrogen-bond donors (Lipinski definition) is 0. The summed E-state index contributed by atoms with van der Waals surface area (Å²) in [6.07, 6.45) is 1.09. The highest BCUT2D eigenvalue weighted by atomic mass is 16.6. The van der Waals surface area contributed by atoms with Crippen molar-refractivity contribution in [3.63, 3.8) is 0 Å². The number of hydrogen-bond acceptors (Lipinski definition) is 7. The smallest absolute Gasteiger partial charge is 0.410 e. The number of piperazine rings is 1. The molecular weight excluding hydrogens is 330 g/mol. The number of ether oxygens (including phenoxy) is 2. The van der Waals surface area contributed by atoms with E-state index in [4.69, 9.17) is 4.74 Å². The molecule has 0 aliphatic carbocycles. The van der Waals surface area contributed by atoms with Gasteiger partial charge in [0.25, 0.3) is 0 Å². The van der Waals surface area contributed by atoms with E-state index in [1.165, 1.54) is 16.7 Å². The lowest BCUT2D eigenvalue weighted by Crippen LogP contribution is -2.52. The van der Waals surface area contributed by atoms with Gasteiger partial charge >= 0.3 is 12.1 Å². The van der Waals surface area contributed by atoms with Gasteiger partial charge in [-0.15, -0.1) is 5.10 Å². The quantitative estimate of drug-likeness (QED) is 0.703. The topological polar surface area (TPSA) is 107 Å². The molecule has 138 valence electrons. The van der Waals surface area contributed by atoms with Crippen molar-refractivity contribution in [2.24, 2.45) is 0 Å². The average molecular weight is 353 g/mol. The lowest BCUT2D eigenvalue weighted by molar-refractivity contribution is -0.141. The number of amides is 2. The van der Waals surface area contributed by atoms with Crippen molar-refractivity contribution in [3.8, 4) is 0 Å². The molecule has 1 aromatic rings. The third kappa shape index (κ3) is 5.44. The van der Waals surface area contributed by atoms with Crippen LogP contribution in [0, 0.1) is 0 Å². The minimum Gasteiger partial charge on any atom is -0.468 e. The van der Waals surface area contributed by atoms with E-state index in [0.29, 0.717) is 18.8 Å². The third-order valence-electron chi connectivity index (χ3n) is 3.43. The second kappa shape index (κ2) is 7.49. The van der Waals surface area contributed by atoms with E-state index in [0.717, 1.165) is 0 Å². The molecule has 1 aliphatic heterocycles. The van der Waals surface area contributed by atoms with Crippen LogP contribution in [0.4, 0.5) is 4.79 Å². The van der Waals surface area contributed by atoms with Crippen LogP contribution in [0.5, 0.6) is 0 Å². The van der Waals surface area contributed by atoms with Gasteiger partial charge in [0.05, 0.1) is 19.9 Å². The molecule has 10 heteroatoms. The van der Waals surface area contributed by atoms with Gasteiger partial charge in [0.15, 0.2) is 0 Å². The number of rotatable bonds is 4. The fourth-order valence-corrected chi connectivity index (χ4v) is 2.24. The van der Waals surface area contributed by atoms with Gasteiger partial charge in [-0.2, -0.15) is 0 Å². The van der Waals surface area contributed by atoms with Gasteiger partial charge < -0.3 is 14.4 Å². The zero-order valence-corrected chi connectivity index (χ0v) is 14.9. The highest BCUT2D eigenvalue weighted by molar-refractivity contribution is 5.83. The molecule has 1 aromatic heterocycles. The Labute approximate surface area is 145 Å². The number of methoxy groups -OCH3 is 1. The van der Waals surface area contributed by atoms with Crippen LogP contribution < -0.4 is 0 Å². The number of esters is 1. The van der Waals surface area contributed by atoms with Crippen LogP contribution in [0.15, 0.2) is 6.20 Å². The Morgan fingerprint density at radius 2 is 2.00 bits per heavy atom. The standard InChI is InChI=1S/C15H23N5O5/c1-15(2,3)25-14(23)19-6-5-18(12(21)9-19)7-11-8-20(17-16-11)10-13(22)24-4/h8H,5-7,9-10H2,1-4H3. The van der Waals surface area contributed by atoms with Crippen LogP contribution in [-0.2, 0) is 32.2 Å². The summed E-state index contributed by atoms with van der Waals surface area (Å²) >= 11 is 0. The minimum atomic E-state index is -0.602. The number of carbonyl (C=O) groups excluding carboxylic acids is 3. The van der Waals surface area contributed by atoms with Gasteiger partial charge in [0, 0.05) is 13.1 Å². The van der Waals surface area contributed by atoms with Gasteiger partial charge in [-0.25, -0.2) is 9.48 Å². The molecule has 0 atom stereocenters. The van der Waals surface area contributed by atoms with E-state index in [-0.39, 0.29) is 25.5 Å². The average Bonchev–Trinajstić information content (AvgIpc) is 2.94. The van der Waals surface area contributed by atoms with Crippen LogP contribution >= 0.6 is 0 Å². The molecule has 0 saturated carbocycles. The number of aromatic nitrogens is 3. The van der Waals surface area contributed by atoms with Crippen molar-refractivity contribution in [1.82, 2.24) is 24.8 Å². The molecule has 1 saturated heterocycles. The first-order chi connectivity index (χ1) is 11.7. The predicted molar refractivity (Wildman–Crippen MR) is 85.3 cm³/mol. The van der Waals surface area contributed by atoms with Crippen molar-refractivity contribution in [2.75, 3.05) is 26.7 Å². The molecule has 2 rings (SSSR count). The van der Waals surface area contributed by atoms with Gasteiger partial charge in [0.1, 0.15) is 24.4 Å². The number of nitrogens with zero attached hydrogens (tertiary/aromatic N) is 5. The SMILES string of the molecule is COC(=O)Cn1cc(CN2CCN(C(=O)OC(C)(C)C)CC2=O)nn1. The lowest BCUT2D eigenvalue weighted by Gasteiger charge is -2.34. The second-order valence-electron chi connectivity index (χ2n) is 6.70. The first-order valence-electron chi connectivity index (χ1n) is 7.89. The molecule has 1 aliphatic rings. The summed E-state index contributed by atoms with van der Waals surface area (Å²) in [7, 11) is 1.29. The predicted octanol–water partition coefficient (Wildman–Crippen LogP) is 0.0304. The van der Waals surface area contributed by atoms with Crippen LogP contribution in [-0.4, -0.2) is 75.1 Å². The monoisotopic (exact) mass is 353 g/mol. The van der Waals surface area contributed by atoms with Crippen LogP contribution in [0.2, 0.25) is 0 Å². The Morgan fingerprint density at radius 1 is 1.28 bits per heavy atom. The highest BCUT2D eigenvalue weighted by Gasteiger charge is 2.30. The molecule has 2 amide bonds. The lowest BCUT2D eigenvalue weighted by atomic mass is 10.2. The molecule has 0 unspecified atom stereocenters. The maximum Gasteiger partial charge on any atom is 0.410 e. The van der Waals surface area contributed by atoms with Crippen molar-refractivity contribution >= 4 is 18.0 Å². The largest absolute Gasteiger partial charge is 0.468 e. The minimum absolute atomic E-state index is 0.0365. The molecule has 0 bridgehead atoms. The zero-order chi connectivity index (χ0) is 18.6. The fourth-order valence-electron chi connectivity index (χ4n) is 2.24. The van der Waals surface area contributed by atoms with E-state index >= 15 is 0 Å². The molecule has 10 nitrogen and oxygen atoms in total. The molecular formula is C15H23N5O5. The summed E-state index contributed by atoms with van der Waals surface area (Å²) in [4.78, 5) is 38.5. The van der Waals surface area contributed by atoms with Crippen molar-refractivity contribution in [2.45, 2.75) is 39.5 Å². The second-order valence-corrected chi connectivity index (χ2v) is 6.70.